The number of benzene rings is 1. The molecule has 150 valence electrons. The van der Waals surface area contributed by atoms with E-state index < -0.39 is 31.3 Å². The molecule has 0 aromatic heterocycles. The van der Waals surface area contributed by atoms with Crippen LogP contribution in [-0.4, -0.2) is 62.7 Å². The van der Waals surface area contributed by atoms with Crippen LogP contribution < -0.4 is 10.1 Å². The lowest BCUT2D eigenvalue weighted by atomic mass is 10.1. The summed E-state index contributed by atoms with van der Waals surface area (Å²) in [6, 6.07) is 2.25. The van der Waals surface area contributed by atoms with Crippen LogP contribution >= 0.6 is 0 Å². The molecule has 1 fully saturated rings. The summed E-state index contributed by atoms with van der Waals surface area (Å²) in [7, 11) is -2.61. The zero-order chi connectivity index (χ0) is 20.2. The van der Waals surface area contributed by atoms with Gasteiger partial charge in [0, 0.05) is 12.6 Å². The number of nitrogens with zero attached hydrogens (tertiary/aromatic N) is 2. The Kier molecular flexibility index (Phi) is 6.77. The van der Waals surface area contributed by atoms with Crippen LogP contribution in [-0.2, 0) is 9.84 Å². The van der Waals surface area contributed by atoms with E-state index in [9.17, 15) is 23.3 Å². The first-order valence-electron chi connectivity index (χ1n) is 8.86. The van der Waals surface area contributed by atoms with Crippen molar-refractivity contribution in [2.45, 2.75) is 37.6 Å². The van der Waals surface area contributed by atoms with Gasteiger partial charge in [0.1, 0.15) is 10.6 Å². The third-order valence-electron chi connectivity index (χ3n) is 4.84. The number of nitrogens with one attached hydrogen (secondary N) is 1. The predicted molar refractivity (Wildman–Crippen MR) is 100.0 cm³/mol. The summed E-state index contributed by atoms with van der Waals surface area (Å²) in [5, 5.41) is 14.1. The third-order valence-corrected chi connectivity index (χ3v) is 6.60. The molecule has 1 aromatic rings. The summed E-state index contributed by atoms with van der Waals surface area (Å²) in [4.78, 5) is 24.9. The van der Waals surface area contributed by atoms with E-state index in [1.54, 1.807) is 0 Å². The number of amides is 1. The van der Waals surface area contributed by atoms with Crippen LogP contribution in [0.25, 0.3) is 0 Å². The highest BCUT2D eigenvalue weighted by molar-refractivity contribution is 7.91. The van der Waals surface area contributed by atoms with Crippen LogP contribution in [0.4, 0.5) is 5.69 Å². The Labute approximate surface area is 158 Å². The number of ether oxygens (including phenoxy) is 1. The van der Waals surface area contributed by atoms with Crippen molar-refractivity contribution >= 4 is 21.4 Å². The van der Waals surface area contributed by atoms with Gasteiger partial charge in [0.25, 0.3) is 11.6 Å². The number of nitro groups is 1. The lowest BCUT2D eigenvalue weighted by Crippen LogP contribution is -2.40. The van der Waals surface area contributed by atoms with Crippen LogP contribution in [0.2, 0.25) is 0 Å². The Morgan fingerprint density at radius 3 is 2.67 bits per heavy atom. The van der Waals surface area contributed by atoms with E-state index in [1.807, 2.05) is 0 Å². The van der Waals surface area contributed by atoms with Crippen molar-refractivity contribution in [1.29, 1.82) is 0 Å². The molecule has 0 spiro atoms. The van der Waals surface area contributed by atoms with Gasteiger partial charge in [0.15, 0.2) is 9.84 Å². The fraction of sp³-hybridized carbons (Fsp3) is 0.588. The average Bonchev–Trinajstić information content (AvgIpc) is 3.12. The minimum atomic E-state index is -3.88. The second-order valence-electron chi connectivity index (χ2n) is 6.32. The van der Waals surface area contributed by atoms with E-state index in [1.165, 1.54) is 14.0 Å². The van der Waals surface area contributed by atoms with Crippen LogP contribution in [0.15, 0.2) is 17.0 Å². The molecule has 1 atom stereocenters. The van der Waals surface area contributed by atoms with Crippen molar-refractivity contribution in [3.8, 4) is 5.75 Å². The van der Waals surface area contributed by atoms with Gasteiger partial charge in [-0.25, -0.2) is 8.42 Å². The van der Waals surface area contributed by atoms with E-state index in [2.05, 4.69) is 17.1 Å². The Hall–Kier alpha value is -2.20. The van der Waals surface area contributed by atoms with E-state index in [0.717, 1.165) is 38.1 Å². The van der Waals surface area contributed by atoms with Crippen molar-refractivity contribution in [1.82, 2.24) is 10.2 Å². The minimum Gasteiger partial charge on any atom is -0.496 e. The number of methoxy groups -OCH3 is 1. The number of hydrogen-bond acceptors (Lipinski definition) is 7. The molecule has 0 radical (unpaired) electrons. The molecule has 1 aliphatic rings. The number of carbonyl (C=O) groups excluding carboxylic acids is 1. The summed E-state index contributed by atoms with van der Waals surface area (Å²) < 4.78 is 29.6. The molecule has 0 aliphatic carbocycles. The first-order valence-corrected chi connectivity index (χ1v) is 10.5. The van der Waals surface area contributed by atoms with Crippen molar-refractivity contribution in [2.75, 3.05) is 32.5 Å². The van der Waals surface area contributed by atoms with Crippen LogP contribution in [0, 0.1) is 10.1 Å². The highest BCUT2D eigenvalue weighted by atomic mass is 32.2. The summed E-state index contributed by atoms with van der Waals surface area (Å²) >= 11 is 0. The van der Waals surface area contributed by atoms with Gasteiger partial charge >= 0.3 is 0 Å². The minimum absolute atomic E-state index is 0.0313. The third kappa shape index (κ3) is 4.56. The van der Waals surface area contributed by atoms with Crippen molar-refractivity contribution in [3.05, 3.63) is 27.8 Å². The molecule has 10 heteroatoms. The number of likely N-dealkylation sites (N-methyl/N-ethyl adjacent to an activating group) is 1. The second-order valence-corrected chi connectivity index (χ2v) is 8.56. The molecule has 2 rings (SSSR count). The lowest BCUT2D eigenvalue weighted by molar-refractivity contribution is -0.387. The van der Waals surface area contributed by atoms with Crippen LogP contribution in [0.5, 0.6) is 5.75 Å². The van der Waals surface area contributed by atoms with Crippen LogP contribution in [0.1, 0.15) is 37.0 Å². The molecule has 1 heterocycles. The van der Waals surface area contributed by atoms with Gasteiger partial charge in [0.2, 0.25) is 0 Å². The van der Waals surface area contributed by atoms with Crippen molar-refractivity contribution < 1.29 is 22.9 Å². The molecule has 0 bridgehead atoms. The molecular weight excluding hydrogens is 374 g/mol. The molecule has 1 aromatic carbocycles. The maximum Gasteiger partial charge on any atom is 0.291 e. The van der Waals surface area contributed by atoms with Crippen molar-refractivity contribution in [3.63, 3.8) is 0 Å². The Morgan fingerprint density at radius 1 is 1.41 bits per heavy atom. The fourth-order valence-electron chi connectivity index (χ4n) is 3.29. The molecular formula is C17H25N3O6S. The molecule has 1 amide bonds. The Bertz CT molecular complexity index is 824. The highest BCUT2D eigenvalue weighted by Crippen LogP contribution is 2.32. The normalized spacial score (nSPS) is 17.7. The Balaban J connectivity index is 2.35. The molecule has 1 N–H and O–H groups in total. The standard InChI is InChI=1S/C17H25N3O6S/c1-4-19-8-6-7-12(19)11-18-17(21)13-9-16(27(24,25)5-2)14(20(22)23)10-15(13)26-3/h9-10,12H,4-8,11H2,1-3H3,(H,18,21)/t12-/m1/s1. The Morgan fingerprint density at radius 2 is 2.11 bits per heavy atom. The number of likely N-dealkylation sites (tertiary alicyclic amines) is 1. The zero-order valence-electron chi connectivity index (χ0n) is 15.7. The quantitative estimate of drug-likeness (QED) is 0.521. The summed E-state index contributed by atoms with van der Waals surface area (Å²) in [6.45, 7) is 5.74. The molecule has 9 nitrogen and oxygen atoms in total. The second kappa shape index (κ2) is 8.66. The van der Waals surface area contributed by atoms with Gasteiger partial charge in [-0.3, -0.25) is 19.8 Å². The smallest absolute Gasteiger partial charge is 0.291 e. The number of carbonyl (C=O) groups is 1. The van der Waals surface area contributed by atoms with Crippen molar-refractivity contribution in [2.24, 2.45) is 0 Å². The topological polar surface area (TPSA) is 119 Å². The molecule has 0 saturated carbocycles. The zero-order valence-corrected chi connectivity index (χ0v) is 16.5. The van der Waals surface area contributed by atoms with Gasteiger partial charge in [0.05, 0.1) is 29.4 Å². The summed E-state index contributed by atoms with van der Waals surface area (Å²) in [5.41, 5.74) is -0.630. The predicted octanol–water partition coefficient (Wildman–Crippen LogP) is 1.61. The van der Waals surface area contributed by atoms with Crippen LogP contribution in [0.3, 0.4) is 0 Å². The van der Waals surface area contributed by atoms with E-state index in [0.29, 0.717) is 6.54 Å². The molecule has 1 saturated heterocycles. The van der Waals surface area contributed by atoms with Gasteiger partial charge in [-0.05, 0) is 32.0 Å². The van der Waals surface area contributed by atoms with Gasteiger partial charge in [-0.2, -0.15) is 0 Å². The number of rotatable bonds is 8. The van der Waals surface area contributed by atoms with Gasteiger partial charge in [-0.1, -0.05) is 13.8 Å². The number of sulfone groups is 1. The maximum absolute atomic E-state index is 12.7. The highest BCUT2D eigenvalue weighted by Gasteiger charge is 2.30. The first kappa shape index (κ1) is 21.1. The SMILES string of the molecule is CCN1CCC[C@@H]1CNC(=O)c1cc(S(=O)(=O)CC)c([N+](=O)[O-])cc1OC. The summed E-state index contributed by atoms with van der Waals surface area (Å²) in [6.07, 6.45) is 2.04. The fourth-order valence-corrected chi connectivity index (χ4v) is 4.35. The molecule has 1 aliphatic heterocycles. The number of nitro benzene ring substituents is 1. The monoisotopic (exact) mass is 399 g/mol. The lowest BCUT2D eigenvalue weighted by Gasteiger charge is -2.23. The summed E-state index contributed by atoms with van der Waals surface area (Å²) in [5.74, 6) is -0.861. The largest absolute Gasteiger partial charge is 0.496 e. The van der Waals surface area contributed by atoms with Gasteiger partial charge in [-0.15, -0.1) is 0 Å². The van der Waals surface area contributed by atoms with Gasteiger partial charge < -0.3 is 10.1 Å². The van der Waals surface area contributed by atoms with E-state index >= 15 is 0 Å². The molecule has 0 unspecified atom stereocenters. The van der Waals surface area contributed by atoms with E-state index in [-0.39, 0.29) is 23.1 Å². The maximum atomic E-state index is 12.7. The molecule has 27 heavy (non-hydrogen) atoms. The van der Waals surface area contributed by atoms with E-state index in [4.69, 9.17) is 4.74 Å². The first-order chi connectivity index (χ1) is 12.7. The average molecular weight is 399 g/mol. The number of hydrogen-bond donors (Lipinski definition) is 1.